The molecule has 108 valence electrons. The fourth-order valence-electron chi connectivity index (χ4n) is 2.27. The highest BCUT2D eigenvalue weighted by molar-refractivity contribution is 6.35. The van der Waals surface area contributed by atoms with Gasteiger partial charge in [-0.05, 0) is 26.8 Å². The number of esters is 1. The predicted molar refractivity (Wildman–Crippen MR) is 78.9 cm³/mol. The molecule has 0 saturated heterocycles. The summed E-state index contributed by atoms with van der Waals surface area (Å²) in [4.78, 5) is 11.7. The first-order chi connectivity index (χ1) is 9.47. The third-order valence-corrected chi connectivity index (χ3v) is 3.50. The van der Waals surface area contributed by atoms with E-state index in [4.69, 9.17) is 16.3 Å². The fourth-order valence-corrected chi connectivity index (χ4v) is 2.54. The summed E-state index contributed by atoms with van der Waals surface area (Å²) in [6, 6.07) is 5.61. The van der Waals surface area contributed by atoms with Crippen molar-refractivity contribution in [3.05, 3.63) is 35.0 Å². The molecule has 0 spiro atoms. The fraction of sp³-hybridized carbons (Fsp3) is 0.400. The smallest absolute Gasteiger partial charge is 0.339 e. The van der Waals surface area contributed by atoms with Gasteiger partial charge in [0.25, 0.3) is 0 Å². The predicted octanol–water partition coefficient (Wildman–Crippen LogP) is 3.47. The highest BCUT2D eigenvalue weighted by atomic mass is 35.5. The SMILES string of the molecule is CCOC(=O)C(O)c1cn(C(C)C)c2c(Cl)cccc12. The van der Waals surface area contributed by atoms with E-state index in [0.29, 0.717) is 10.6 Å². The Morgan fingerprint density at radius 2 is 2.15 bits per heavy atom. The summed E-state index contributed by atoms with van der Waals surface area (Å²) in [5.41, 5.74) is 1.34. The second-order valence-corrected chi connectivity index (χ2v) is 5.28. The maximum atomic E-state index is 11.7. The van der Waals surface area contributed by atoms with Crippen molar-refractivity contribution in [2.75, 3.05) is 6.61 Å². The van der Waals surface area contributed by atoms with E-state index in [1.807, 2.05) is 24.5 Å². The van der Waals surface area contributed by atoms with Gasteiger partial charge < -0.3 is 14.4 Å². The van der Waals surface area contributed by atoms with E-state index in [1.54, 1.807) is 25.3 Å². The number of carbonyl (C=O) groups is 1. The van der Waals surface area contributed by atoms with Gasteiger partial charge in [-0.1, -0.05) is 23.7 Å². The first-order valence-electron chi connectivity index (χ1n) is 6.61. The Hall–Kier alpha value is -1.52. The summed E-state index contributed by atoms with van der Waals surface area (Å²) in [6.45, 7) is 5.98. The molecule has 1 aromatic carbocycles. The lowest BCUT2D eigenvalue weighted by Crippen LogP contribution is -2.15. The number of hydrogen-bond acceptors (Lipinski definition) is 3. The van der Waals surface area contributed by atoms with E-state index in [1.165, 1.54) is 0 Å². The van der Waals surface area contributed by atoms with Gasteiger partial charge in [-0.25, -0.2) is 4.79 Å². The van der Waals surface area contributed by atoms with Crippen LogP contribution in [0.15, 0.2) is 24.4 Å². The Balaban J connectivity index is 2.60. The average Bonchev–Trinajstić information content (AvgIpc) is 2.79. The van der Waals surface area contributed by atoms with Gasteiger partial charge >= 0.3 is 5.97 Å². The molecule has 20 heavy (non-hydrogen) atoms. The molecule has 0 aliphatic rings. The van der Waals surface area contributed by atoms with Crippen molar-refractivity contribution >= 4 is 28.5 Å². The zero-order chi connectivity index (χ0) is 14.9. The summed E-state index contributed by atoms with van der Waals surface area (Å²) in [7, 11) is 0. The summed E-state index contributed by atoms with van der Waals surface area (Å²) >= 11 is 6.25. The molecule has 1 atom stereocenters. The number of halogens is 1. The molecule has 2 rings (SSSR count). The van der Waals surface area contributed by atoms with E-state index < -0.39 is 12.1 Å². The van der Waals surface area contributed by atoms with Gasteiger partial charge in [-0.3, -0.25) is 0 Å². The van der Waals surface area contributed by atoms with E-state index in [2.05, 4.69) is 0 Å². The Labute approximate surface area is 122 Å². The standard InChI is InChI=1S/C15H18ClNO3/c1-4-20-15(19)14(18)11-8-17(9(2)3)13-10(11)6-5-7-12(13)16/h5-9,14,18H,4H2,1-3H3. The number of aromatic nitrogens is 1. The van der Waals surface area contributed by atoms with Crippen molar-refractivity contribution < 1.29 is 14.6 Å². The highest BCUT2D eigenvalue weighted by Gasteiger charge is 2.24. The molecular weight excluding hydrogens is 278 g/mol. The van der Waals surface area contributed by atoms with E-state index in [-0.39, 0.29) is 12.6 Å². The molecule has 0 aliphatic heterocycles. The minimum Gasteiger partial charge on any atom is -0.464 e. The van der Waals surface area contributed by atoms with Gasteiger partial charge in [-0.15, -0.1) is 0 Å². The first kappa shape index (κ1) is 14.9. The van der Waals surface area contributed by atoms with Crippen LogP contribution in [0, 0.1) is 0 Å². The Morgan fingerprint density at radius 1 is 1.45 bits per heavy atom. The number of ether oxygens (including phenoxy) is 1. The van der Waals surface area contributed by atoms with E-state index >= 15 is 0 Å². The van der Waals surface area contributed by atoms with Gasteiger partial charge in [0.2, 0.25) is 0 Å². The molecule has 1 heterocycles. The van der Waals surface area contributed by atoms with Crippen LogP contribution in [0.1, 0.15) is 38.5 Å². The van der Waals surface area contributed by atoms with Crippen LogP contribution in [0.4, 0.5) is 0 Å². The lowest BCUT2D eigenvalue weighted by molar-refractivity contribution is -0.153. The lowest BCUT2D eigenvalue weighted by atomic mass is 10.1. The number of hydrogen-bond donors (Lipinski definition) is 1. The number of fused-ring (bicyclic) bond motifs is 1. The van der Waals surface area contributed by atoms with Gasteiger partial charge in [0.15, 0.2) is 6.10 Å². The van der Waals surface area contributed by atoms with Gasteiger partial charge in [0.05, 0.1) is 17.1 Å². The second kappa shape index (κ2) is 5.85. The molecule has 0 aliphatic carbocycles. The zero-order valence-electron chi connectivity index (χ0n) is 11.8. The van der Waals surface area contributed by atoms with E-state index in [9.17, 15) is 9.90 Å². The highest BCUT2D eigenvalue weighted by Crippen LogP contribution is 2.33. The largest absolute Gasteiger partial charge is 0.464 e. The van der Waals surface area contributed by atoms with Gasteiger partial charge in [-0.2, -0.15) is 0 Å². The second-order valence-electron chi connectivity index (χ2n) is 4.88. The van der Waals surface area contributed by atoms with Crippen molar-refractivity contribution in [1.29, 1.82) is 0 Å². The van der Waals surface area contributed by atoms with Crippen molar-refractivity contribution in [3.63, 3.8) is 0 Å². The number of rotatable bonds is 4. The van der Waals surface area contributed by atoms with Crippen molar-refractivity contribution in [3.8, 4) is 0 Å². The molecule has 4 nitrogen and oxygen atoms in total. The topological polar surface area (TPSA) is 51.5 Å². The molecule has 0 radical (unpaired) electrons. The summed E-state index contributed by atoms with van der Waals surface area (Å²) in [5.74, 6) is -0.643. The average molecular weight is 296 g/mol. The number of benzene rings is 1. The van der Waals surface area contributed by atoms with Gasteiger partial charge in [0.1, 0.15) is 0 Å². The molecule has 0 saturated carbocycles. The molecule has 0 amide bonds. The van der Waals surface area contributed by atoms with Crippen molar-refractivity contribution in [1.82, 2.24) is 4.57 Å². The molecule has 0 fully saturated rings. The van der Waals surface area contributed by atoms with Crippen LogP contribution in [0.3, 0.4) is 0 Å². The molecule has 1 aromatic heterocycles. The first-order valence-corrected chi connectivity index (χ1v) is 6.98. The lowest BCUT2D eigenvalue weighted by Gasteiger charge is -2.10. The summed E-state index contributed by atoms with van der Waals surface area (Å²) in [5, 5.41) is 11.5. The summed E-state index contributed by atoms with van der Waals surface area (Å²) < 4.78 is 6.83. The maximum absolute atomic E-state index is 11.7. The van der Waals surface area contributed by atoms with Crippen LogP contribution in [-0.2, 0) is 9.53 Å². The normalized spacial score (nSPS) is 12.9. The third kappa shape index (κ3) is 2.53. The molecule has 1 unspecified atom stereocenters. The molecular formula is C15H18ClNO3. The van der Waals surface area contributed by atoms with Crippen LogP contribution < -0.4 is 0 Å². The van der Waals surface area contributed by atoms with Crippen LogP contribution in [0.25, 0.3) is 10.9 Å². The number of para-hydroxylation sites is 1. The number of aliphatic hydroxyl groups excluding tert-OH is 1. The van der Waals surface area contributed by atoms with Crippen LogP contribution in [0.5, 0.6) is 0 Å². The molecule has 0 bridgehead atoms. The molecule has 2 aromatic rings. The number of aliphatic hydroxyl groups is 1. The van der Waals surface area contributed by atoms with Crippen LogP contribution in [0.2, 0.25) is 5.02 Å². The Morgan fingerprint density at radius 3 is 2.75 bits per heavy atom. The number of carbonyl (C=O) groups excluding carboxylic acids is 1. The molecule has 1 N–H and O–H groups in total. The van der Waals surface area contributed by atoms with Crippen LogP contribution in [-0.4, -0.2) is 22.2 Å². The van der Waals surface area contributed by atoms with Crippen molar-refractivity contribution in [2.45, 2.75) is 32.9 Å². The maximum Gasteiger partial charge on any atom is 0.339 e. The summed E-state index contributed by atoms with van der Waals surface area (Å²) in [6.07, 6.45) is 0.471. The minimum atomic E-state index is -1.30. The Kier molecular flexibility index (Phi) is 4.35. The Bertz CT molecular complexity index is 633. The van der Waals surface area contributed by atoms with Gasteiger partial charge in [0, 0.05) is 23.2 Å². The van der Waals surface area contributed by atoms with Crippen LogP contribution >= 0.6 is 11.6 Å². The quantitative estimate of drug-likeness (QED) is 0.879. The monoisotopic (exact) mass is 295 g/mol. The molecule has 5 heteroatoms. The van der Waals surface area contributed by atoms with Crippen molar-refractivity contribution in [2.24, 2.45) is 0 Å². The van der Waals surface area contributed by atoms with E-state index in [0.717, 1.165) is 10.9 Å². The third-order valence-electron chi connectivity index (χ3n) is 3.19. The number of nitrogens with zero attached hydrogens (tertiary/aromatic N) is 1. The zero-order valence-corrected chi connectivity index (χ0v) is 12.5. The minimum absolute atomic E-state index is 0.167.